The SMILES string of the molecule is CCc1ccccc1NS(=O)(=O)c1ccc2c(c1)OCC(=O)N2. The number of aryl methyl sites for hydroxylation is 1. The highest BCUT2D eigenvalue weighted by Crippen LogP contribution is 2.31. The Balaban J connectivity index is 1.92. The molecule has 0 bridgehead atoms. The van der Waals surface area contributed by atoms with Crippen LogP contribution < -0.4 is 14.8 Å². The molecule has 1 aliphatic heterocycles. The van der Waals surface area contributed by atoms with Crippen molar-refractivity contribution in [2.75, 3.05) is 16.6 Å². The second-order valence-electron chi connectivity index (χ2n) is 5.11. The van der Waals surface area contributed by atoms with E-state index in [1.807, 2.05) is 19.1 Å². The smallest absolute Gasteiger partial charge is 0.262 e. The molecule has 1 aliphatic rings. The van der Waals surface area contributed by atoms with Gasteiger partial charge in [-0.25, -0.2) is 8.42 Å². The van der Waals surface area contributed by atoms with Gasteiger partial charge in [-0.2, -0.15) is 0 Å². The molecule has 2 aromatic carbocycles. The van der Waals surface area contributed by atoms with Gasteiger partial charge in [-0.05, 0) is 30.2 Å². The van der Waals surface area contributed by atoms with E-state index in [9.17, 15) is 13.2 Å². The molecule has 0 aromatic heterocycles. The number of sulfonamides is 1. The number of hydrogen-bond acceptors (Lipinski definition) is 4. The van der Waals surface area contributed by atoms with Crippen molar-refractivity contribution in [2.24, 2.45) is 0 Å². The van der Waals surface area contributed by atoms with E-state index in [-0.39, 0.29) is 17.4 Å². The van der Waals surface area contributed by atoms with Crippen molar-refractivity contribution in [3.63, 3.8) is 0 Å². The van der Waals surface area contributed by atoms with Crippen molar-refractivity contribution in [1.29, 1.82) is 0 Å². The first-order valence-electron chi connectivity index (χ1n) is 7.17. The summed E-state index contributed by atoms with van der Waals surface area (Å²) in [7, 11) is -3.74. The third kappa shape index (κ3) is 3.14. The highest BCUT2D eigenvalue weighted by molar-refractivity contribution is 7.92. The van der Waals surface area contributed by atoms with E-state index in [4.69, 9.17) is 4.74 Å². The summed E-state index contributed by atoms with van der Waals surface area (Å²) in [6.45, 7) is 1.84. The van der Waals surface area contributed by atoms with Crippen molar-refractivity contribution in [3.8, 4) is 5.75 Å². The Bertz CT molecular complexity index is 862. The number of rotatable bonds is 4. The van der Waals surface area contributed by atoms with Crippen LogP contribution in [0.5, 0.6) is 5.75 Å². The molecule has 0 saturated heterocycles. The highest BCUT2D eigenvalue weighted by Gasteiger charge is 2.21. The van der Waals surface area contributed by atoms with Crippen molar-refractivity contribution in [2.45, 2.75) is 18.2 Å². The predicted octanol–water partition coefficient (Wildman–Crippen LogP) is 2.38. The van der Waals surface area contributed by atoms with Crippen LogP contribution in [-0.2, 0) is 21.2 Å². The molecule has 0 radical (unpaired) electrons. The van der Waals surface area contributed by atoms with Gasteiger partial charge in [0.1, 0.15) is 5.75 Å². The fourth-order valence-corrected chi connectivity index (χ4v) is 3.47. The van der Waals surface area contributed by atoms with E-state index < -0.39 is 10.0 Å². The Morgan fingerprint density at radius 2 is 2.00 bits per heavy atom. The minimum Gasteiger partial charge on any atom is -0.482 e. The Morgan fingerprint density at radius 3 is 2.78 bits per heavy atom. The summed E-state index contributed by atoms with van der Waals surface area (Å²) in [4.78, 5) is 11.3. The number of benzene rings is 2. The fraction of sp³-hybridized carbons (Fsp3) is 0.188. The summed E-state index contributed by atoms with van der Waals surface area (Å²) in [5.74, 6) is 0.0827. The number of para-hydroxylation sites is 1. The molecule has 0 saturated carbocycles. The van der Waals surface area contributed by atoms with Crippen molar-refractivity contribution >= 4 is 27.3 Å². The molecule has 1 amide bonds. The van der Waals surface area contributed by atoms with Gasteiger partial charge in [0.15, 0.2) is 6.61 Å². The van der Waals surface area contributed by atoms with Crippen LogP contribution >= 0.6 is 0 Å². The lowest BCUT2D eigenvalue weighted by atomic mass is 10.1. The van der Waals surface area contributed by atoms with Crippen LogP contribution in [0.4, 0.5) is 11.4 Å². The topological polar surface area (TPSA) is 84.5 Å². The van der Waals surface area contributed by atoms with Crippen LogP contribution in [0.15, 0.2) is 47.4 Å². The number of amides is 1. The Morgan fingerprint density at radius 1 is 1.22 bits per heavy atom. The lowest BCUT2D eigenvalue weighted by Gasteiger charge is -2.19. The molecular formula is C16H16N2O4S. The van der Waals surface area contributed by atoms with Crippen LogP contribution in [0, 0.1) is 0 Å². The monoisotopic (exact) mass is 332 g/mol. The summed E-state index contributed by atoms with van der Waals surface area (Å²) in [6.07, 6.45) is 0.720. The number of carbonyl (C=O) groups is 1. The molecule has 23 heavy (non-hydrogen) atoms. The van der Waals surface area contributed by atoms with Gasteiger partial charge < -0.3 is 10.1 Å². The summed E-state index contributed by atoms with van der Waals surface area (Å²) >= 11 is 0. The Kier molecular flexibility index (Phi) is 3.96. The first kappa shape index (κ1) is 15.4. The number of ether oxygens (including phenoxy) is 1. The van der Waals surface area contributed by atoms with E-state index in [1.165, 1.54) is 18.2 Å². The summed E-state index contributed by atoms with van der Waals surface area (Å²) in [6, 6.07) is 11.6. The van der Waals surface area contributed by atoms with Gasteiger partial charge in [-0.15, -0.1) is 0 Å². The van der Waals surface area contributed by atoms with E-state index in [0.29, 0.717) is 17.1 Å². The van der Waals surface area contributed by atoms with E-state index in [0.717, 1.165) is 12.0 Å². The van der Waals surface area contributed by atoms with Crippen LogP contribution in [0.25, 0.3) is 0 Å². The van der Waals surface area contributed by atoms with E-state index in [1.54, 1.807) is 12.1 Å². The van der Waals surface area contributed by atoms with Crippen molar-refractivity contribution < 1.29 is 17.9 Å². The van der Waals surface area contributed by atoms with Crippen LogP contribution in [0.2, 0.25) is 0 Å². The number of nitrogens with one attached hydrogen (secondary N) is 2. The van der Waals surface area contributed by atoms with Gasteiger partial charge in [0.25, 0.3) is 15.9 Å². The van der Waals surface area contributed by atoms with Gasteiger partial charge in [0.05, 0.1) is 16.3 Å². The third-order valence-corrected chi connectivity index (χ3v) is 4.90. The van der Waals surface area contributed by atoms with Crippen LogP contribution in [-0.4, -0.2) is 20.9 Å². The molecule has 0 aliphatic carbocycles. The first-order valence-corrected chi connectivity index (χ1v) is 8.65. The molecule has 0 fully saturated rings. The second-order valence-corrected chi connectivity index (χ2v) is 6.79. The zero-order valence-corrected chi connectivity index (χ0v) is 13.3. The molecule has 0 spiro atoms. The largest absolute Gasteiger partial charge is 0.482 e. The number of fused-ring (bicyclic) bond motifs is 1. The quantitative estimate of drug-likeness (QED) is 0.900. The Hall–Kier alpha value is -2.54. The third-order valence-electron chi connectivity index (χ3n) is 3.54. The normalized spacial score (nSPS) is 13.7. The molecule has 0 atom stereocenters. The van der Waals surface area contributed by atoms with Gasteiger partial charge in [0.2, 0.25) is 0 Å². The maximum absolute atomic E-state index is 12.6. The lowest BCUT2D eigenvalue weighted by molar-refractivity contribution is -0.118. The van der Waals surface area contributed by atoms with Gasteiger partial charge in [-0.3, -0.25) is 9.52 Å². The average Bonchev–Trinajstić information content (AvgIpc) is 2.54. The second kappa shape index (κ2) is 5.92. The zero-order chi connectivity index (χ0) is 16.4. The standard InChI is InChI=1S/C16H16N2O4S/c1-2-11-5-3-4-6-13(11)18-23(20,21)12-7-8-14-15(9-12)22-10-16(19)17-14/h3-9,18H,2,10H2,1H3,(H,17,19). The minimum atomic E-state index is -3.74. The Labute approximate surface area is 134 Å². The number of carbonyl (C=O) groups excluding carboxylic acids is 1. The summed E-state index contributed by atoms with van der Waals surface area (Å²) in [5, 5.41) is 2.63. The van der Waals surface area contributed by atoms with E-state index >= 15 is 0 Å². The van der Waals surface area contributed by atoms with Gasteiger partial charge >= 0.3 is 0 Å². The maximum Gasteiger partial charge on any atom is 0.262 e. The van der Waals surface area contributed by atoms with Crippen molar-refractivity contribution in [3.05, 3.63) is 48.0 Å². The van der Waals surface area contributed by atoms with Gasteiger partial charge in [0, 0.05) is 6.07 Å². The molecule has 6 nitrogen and oxygen atoms in total. The zero-order valence-electron chi connectivity index (χ0n) is 12.5. The van der Waals surface area contributed by atoms with E-state index in [2.05, 4.69) is 10.0 Å². The molecule has 1 heterocycles. The first-order chi connectivity index (χ1) is 11.0. The average molecular weight is 332 g/mol. The van der Waals surface area contributed by atoms with Gasteiger partial charge in [-0.1, -0.05) is 25.1 Å². The maximum atomic E-state index is 12.6. The molecule has 120 valence electrons. The molecule has 0 unspecified atom stereocenters. The summed E-state index contributed by atoms with van der Waals surface area (Å²) in [5.41, 5.74) is 1.94. The molecule has 3 rings (SSSR count). The van der Waals surface area contributed by atoms with Crippen LogP contribution in [0.1, 0.15) is 12.5 Å². The molecule has 2 aromatic rings. The molecule has 7 heteroatoms. The molecule has 2 N–H and O–H groups in total. The highest BCUT2D eigenvalue weighted by atomic mass is 32.2. The number of hydrogen-bond donors (Lipinski definition) is 2. The summed E-state index contributed by atoms with van der Waals surface area (Å²) < 4.78 is 33.0. The van der Waals surface area contributed by atoms with Crippen molar-refractivity contribution in [1.82, 2.24) is 0 Å². The fourth-order valence-electron chi connectivity index (χ4n) is 2.35. The van der Waals surface area contributed by atoms with Crippen LogP contribution in [0.3, 0.4) is 0 Å². The minimum absolute atomic E-state index is 0.0818. The number of anilines is 2. The lowest BCUT2D eigenvalue weighted by Crippen LogP contribution is -2.25. The predicted molar refractivity (Wildman–Crippen MR) is 87.2 cm³/mol. The molecular weight excluding hydrogens is 316 g/mol.